The van der Waals surface area contributed by atoms with E-state index >= 15 is 0 Å². The molecule has 6 nitrogen and oxygen atoms in total. The quantitative estimate of drug-likeness (QED) is 0.479. The van der Waals surface area contributed by atoms with E-state index in [2.05, 4.69) is 26.2 Å². The molecule has 0 spiro atoms. The van der Waals surface area contributed by atoms with E-state index in [1.807, 2.05) is 37.5 Å². The summed E-state index contributed by atoms with van der Waals surface area (Å²) in [6.45, 7) is 19.4. The minimum atomic E-state index is -1.26. The Morgan fingerprint density at radius 3 is 2.32 bits per heavy atom. The van der Waals surface area contributed by atoms with Crippen molar-refractivity contribution in [2.24, 2.45) is 0 Å². The van der Waals surface area contributed by atoms with Crippen LogP contribution in [0.1, 0.15) is 47.0 Å². The standard InChI is InChI=1S/C21H38N2O4Si/c1-15(2)13-18-17-10-9-16(23(17)20(25)27-21(3,4)5)14-22(18)19(24)26-11-12-28(6,7)8/h16-18H,1,9-14H2,2-8H3/t16-,17+,18-/m1/s1. The number of carbonyl (C=O) groups is 2. The van der Waals surface area contributed by atoms with Gasteiger partial charge in [0, 0.05) is 14.6 Å². The first-order valence-corrected chi connectivity index (χ1v) is 14.1. The second kappa shape index (κ2) is 8.47. The average molecular weight is 411 g/mol. The fraction of sp³-hybridized carbons (Fsp3) is 0.810. The summed E-state index contributed by atoms with van der Waals surface area (Å²) < 4.78 is 11.3. The predicted octanol–water partition coefficient (Wildman–Crippen LogP) is 4.88. The predicted molar refractivity (Wildman–Crippen MR) is 114 cm³/mol. The minimum absolute atomic E-state index is 0.00855. The van der Waals surface area contributed by atoms with Gasteiger partial charge in [-0.25, -0.2) is 9.59 Å². The topological polar surface area (TPSA) is 59.1 Å². The van der Waals surface area contributed by atoms with Crippen molar-refractivity contribution in [3.8, 4) is 0 Å². The number of nitrogens with zero attached hydrogens (tertiary/aromatic N) is 2. The Morgan fingerprint density at radius 2 is 1.79 bits per heavy atom. The molecule has 28 heavy (non-hydrogen) atoms. The largest absolute Gasteiger partial charge is 0.450 e. The summed E-state index contributed by atoms with van der Waals surface area (Å²) in [7, 11) is -1.26. The number of ether oxygens (including phenoxy) is 2. The van der Waals surface area contributed by atoms with Gasteiger partial charge in [-0.1, -0.05) is 25.2 Å². The third-order valence-electron chi connectivity index (χ3n) is 5.27. The van der Waals surface area contributed by atoms with Crippen LogP contribution in [0.5, 0.6) is 0 Å². The lowest BCUT2D eigenvalue weighted by Gasteiger charge is -2.46. The number of carbonyl (C=O) groups excluding carboxylic acids is 2. The van der Waals surface area contributed by atoms with Crippen LogP contribution in [-0.2, 0) is 9.47 Å². The van der Waals surface area contributed by atoms with Crippen molar-refractivity contribution in [2.75, 3.05) is 13.2 Å². The second-order valence-corrected chi connectivity index (χ2v) is 16.1. The van der Waals surface area contributed by atoms with Crippen LogP contribution in [0.3, 0.4) is 0 Å². The number of hydrogen-bond donors (Lipinski definition) is 0. The molecule has 160 valence electrons. The fourth-order valence-electron chi connectivity index (χ4n) is 3.98. The number of amides is 2. The van der Waals surface area contributed by atoms with E-state index in [1.165, 1.54) is 0 Å². The Bertz CT molecular complexity index is 609. The van der Waals surface area contributed by atoms with Crippen LogP contribution in [0.15, 0.2) is 12.2 Å². The van der Waals surface area contributed by atoms with Gasteiger partial charge in [-0.15, -0.1) is 6.58 Å². The molecule has 7 heteroatoms. The summed E-state index contributed by atoms with van der Waals surface area (Å²) in [6, 6.07) is 0.790. The molecule has 2 aliphatic rings. The number of rotatable bonds is 5. The molecule has 2 amide bonds. The van der Waals surface area contributed by atoms with Gasteiger partial charge in [0.05, 0.1) is 24.7 Å². The van der Waals surface area contributed by atoms with Gasteiger partial charge < -0.3 is 14.4 Å². The molecule has 2 bridgehead atoms. The summed E-state index contributed by atoms with van der Waals surface area (Å²) in [5.41, 5.74) is 0.465. The zero-order chi connectivity index (χ0) is 21.3. The number of hydrogen-bond acceptors (Lipinski definition) is 4. The van der Waals surface area contributed by atoms with Crippen LogP contribution in [-0.4, -0.2) is 66.9 Å². The smallest absolute Gasteiger partial charge is 0.410 e. The molecule has 0 saturated carbocycles. The maximum Gasteiger partial charge on any atom is 0.410 e. The molecule has 0 radical (unpaired) electrons. The molecule has 0 aromatic rings. The van der Waals surface area contributed by atoms with E-state index in [4.69, 9.17) is 9.47 Å². The Morgan fingerprint density at radius 1 is 1.14 bits per heavy atom. The van der Waals surface area contributed by atoms with Gasteiger partial charge in [0.1, 0.15) is 5.60 Å². The van der Waals surface area contributed by atoms with E-state index < -0.39 is 13.7 Å². The van der Waals surface area contributed by atoms with Gasteiger partial charge in [-0.3, -0.25) is 4.90 Å². The van der Waals surface area contributed by atoms with Crippen LogP contribution < -0.4 is 0 Å². The fourth-order valence-corrected chi connectivity index (χ4v) is 4.69. The van der Waals surface area contributed by atoms with Crippen molar-refractivity contribution in [1.82, 2.24) is 9.80 Å². The van der Waals surface area contributed by atoms with E-state index in [0.29, 0.717) is 19.6 Å². The summed E-state index contributed by atoms with van der Waals surface area (Å²) in [5.74, 6) is 0. The van der Waals surface area contributed by atoms with E-state index in [1.54, 1.807) is 0 Å². The highest BCUT2D eigenvalue weighted by Gasteiger charge is 2.51. The average Bonchev–Trinajstić information content (AvgIpc) is 2.83. The van der Waals surface area contributed by atoms with Gasteiger partial charge >= 0.3 is 12.2 Å². The molecule has 3 atom stereocenters. The lowest BCUT2D eigenvalue weighted by atomic mass is 9.97. The Labute approximate surface area is 171 Å². The maximum atomic E-state index is 12.9. The van der Waals surface area contributed by atoms with Gasteiger partial charge in [0.15, 0.2) is 0 Å². The van der Waals surface area contributed by atoms with Crippen molar-refractivity contribution >= 4 is 20.3 Å². The van der Waals surface area contributed by atoms with E-state index in [-0.39, 0.29) is 30.3 Å². The third kappa shape index (κ3) is 6.00. The van der Waals surface area contributed by atoms with E-state index in [9.17, 15) is 9.59 Å². The summed E-state index contributed by atoms with van der Waals surface area (Å²) in [5, 5.41) is 0. The highest BCUT2D eigenvalue weighted by atomic mass is 28.3. The molecule has 2 fully saturated rings. The molecule has 2 rings (SSSR count). The number of likely N-dealkylation sites (tertiary alicyclic amines) is 1. The van der Waals surface area contributed by atoms with Crippen molar-refractivity contribution < 1.29 is 19.1 Å². The van der Waals surface area contributed by atoms with Crippen molar-refractivity contribution in [3.05, 3.63) is 12.2 Å². The van der Waals surface area contributed by atoms with Crippen LogP contribution in [0, 0.1) is 0 Å². The second-order valence-electron chi connectivity index (χ2n) is 10.5. The molecule has 0 unspecified atom stereocenters. The Balaban J connectivity index is 2.13. The molecule has 0 N–H and O–H groups in total. The maximum absolute atomic E-state index is 12.9. The molecular formula is C21H38N2O4Si. The normalized spacial score (nSPS) is 24.9. The first kappa shape index (κ1) is 22.8. The molecule has 2 aliphatic heterocycles. The van der Waals surface area contributed by atoms with Crippen molar-refractivity contribution in [3.63, 3.8) is 0 Å². The Kier molecular flexibility index (Phi) is 6.89. The zero-order valence-electron chi connectivity index (χ0n) is 18.7. The first-order valence-electron chi connectivity index (χ1n) is 10.4. The molecule has 0 aromatic carbocycles. The molecule has 0 aliphatic carbocycles. The third-order valence-corrected chi connectivity index (χ3v) is 6.98. The van der Waals surface area contributed by atoms with Gasteiger partial charge in [0.2, 0.25) is 0 Å². The summed E-state index contributed by atoms with van der Waals surface area (Å²) in [4.78, 5) is 29.4. The molecule has 2 heterocycles. The highest BCUT2D eigenvalue weighted by Crippen LogP contribution is 2.37. The van der Waals surface area contributed by atoms with Gasteiger partial charge in [0.25, 0.3) is 0 Å². The zero-order valence-corrected chi connectivity index (χ0v) is 19.7. The molecule has 0 aromatic heterocycles. The lowest BCUT2D eigenvalue weighted by Crippen LogP contribution is -2.63. The van der Waals surface area contributed by atoms with E-state index in [0.717, 1.165) is 24.5 Å². The van der Waals surface area contributed by atoms with Crippen LogP contribution in [0.4, 0.5) is 9.59 Å². The first-order chi connectivity index (χ1) is 12.8. The molecule has 2 saturated heterocycles. The minimum Gasteiger partial charge on any atom is -0.450 e. The SMILES string of the molecule is C=C(C)C[C@@H]1[C@@H]2CC[C@H](CN1C(=O)OCC[Si](C)(C)C)N2C(=O)OC(C)(C)C. The van der Waals surface area contributed by atoms with Crippen LogP contribution >= 0.6 is 0 Å². The monoisotopic (exact) mass is 410 g/mol. The van der Waals surface area contributed by atoms with Crippen molar-refractivity contribution in [2.45, 2.75) is 96.4 Å². The van der Waals surface area contributed by atoms with Crippen molar-refractivity contribution in [1.29, 1.82) is 0 Å². The highest BCUT2D eigenvalue weighted by molar-refractivity contribution is 6.76. The number of piperazine rings is 1. The molecular weight excluding hydrogens is 372 g/mol. The van der Waals surface area contributed by atoms with Gasteiger partial charge in [-0.05, 0) is 53.0 Å². The summed E-state index contributed by atoms with van der Waals surface area (Å²) in [6.07, 6.45) is 1.89. The van der Waals surface area contributed by atoms with Crippen LogP contribution in [0.2, 0.25) is 25.7 Å². The van der Waals surface area contributed by atoms with Gasteiger partial charge in [-0.2, -0.15) is 0 Å². The lowest BCUT2D eigenvalue weighted by molar-refractivity contribution is -0.0217. The van der Waals surface area contributed by atoms with Crippen LogP contribution in [0.25, 0.3) is 0 Å². The Hall–Kier alpha value is -1.50. The summed E-state index contributed by atoms with van der Waals surface area (Å²) >= 11 is 0. The number of fused-ring (bicyclic) bond motifs is 2.